The average Bonchev–Trinajstić information content (AvgIpc) is 2.30. The van der Waals surface area contributed by atoms with Crippen molar-refractivity contribution in [3.8, 4) is 0 Å². The van der Waals surface area contributed by atoms with Crippen LogP contribution in [0.25, 0.3) is 0 Å². The number of benzene rings is 1. The number of carbonyl (C=O) groups is 1. The van der Waals surface area contributed by atoms with Crippen LogP contribution in [-0.4, -0.2) is 11.1 Å². The molecule has 0 aromatic heterocycles. The summed E-state index contributed by atoms with van der Waals surface area (Å²) in [5, 5.41) is 8.53. The summed E-state index contributed by atoms with van der Waals surface area (Å²) in [6, 6.07) is 10.2. The Morgan fingerprint density at radius 1 is 1.31 bits per heavy atom. The Labute approximate surface area is 96.6 Å². The van der Waals surface area contributed by atoms with Gasteiger partial charge in [-0.1, -0.05) is 42.8 Å². The quantitative estimate of drug-likeness (QED) is 0.561. The predicted molar refractivity (Wildman–Crippen MR) is 65.5 cm³/mol. The number of hydrogen-bond acceptors (Lipinski definition) is 1. The van der Waals surface area contributed by atoms with Gasteiger partial charge in [-0.2, -0.15) is 0 Å². The van der Waals surface area contributed by atoms with Gasteiger partial charge < -0.3 is 5.11 Å². The van der Waals surface area contributed by atoms with Gasteiger partial charge >= 0.3 is 5.97 Å². The van der Waals surface area contributed by atoms with Crippen molar-refractivity contribution in [1.29, 1.82) is 0 Å². The molecule has 0 radical (unpaired) electrons. The third-order valence-corrected chi connectivity index (χ3v) is 2.67. The standard InChI is InChI=1S/C14H18O2/c1-2-12(8-6-7-11-14(15)16)13-9-4-3-5-10-13/h2-5,9-10,12H,1,6-8,11H2,(H,15,16). The number of aliphatic carboxylic acids is 1. The van der Waals surface area contributed by atoms with Crippen LogP contribution in [0.15, 0.2) is 43.0 Å². The van der Waals surface area contributed by atoms with E-state index in [4.69, 9.17) is 5.11 Å². The van der Waals surface area contributed by atoms with E-state index in [1.54, 1.807) is 0 Å². The molecule has 0 saturated heterocycles. The molecule has 1 atom stereocenters. The second-order valence-electron chi connectivity index (χ2n) is 3.89. The lowest BCUT2D eigenvalue weighted by molar-refractivity contribution is -0.137. The van der Waals surface area contributed by atoms with Crippen molar-refractivity contribution in [2.75, 3.05) is 0 Å². The van der Waals surface area contributed by atoms with Crippen LogP contribution < -0.4 is 0 Å². The van der Waals surface area contributed by atoms with Crippen LogP contribution in [0.1, 0.15) is 37.2 Å². The van der Waals surface area contributed by atoms with Gasteiger partial charge in [0.2, 0.25) is 0 Å². The second kappa shape index (κ2) is 6.83. The van der Waals surface area contributed by atoms with Crippen LogP contribution in [0.3, 0.4) is 0 Å². The Kier molecular flexibility index (Phi) is 5.34. The Hall–Kier alpha value is -1.57. The van der Waals surface area contributed by atoms with E-state index in [0.717, 1.165) is 19.3 Å². The number of allylic oxidation sites excluding steroid dienone is 1. The molecule has 1 unspecified atom stereocenters. The first-order valence-electron chi connectivity index (χ1n) is 5.63. The van der Waals surface area contributed by atoms with Crippen molar-refractivity contribution in [2.45, 2.75) is 31.6 Å². The SMILES string of the molecule is C=CC(CCCCC(=O)O)c1ccccc1. The maximum Gasteiger partial charge on any atom is 0.303 e. The van der Waals surface area contributed by atoms with E-state index < -0.39 is 5.97 Å². The summed E-state index contributed by atoms with van der Waals surface area (Å²) >= 11 is 0. The van der Waals surface area contributed by atoms with Crippen molar-refractivity contribution >= 4 is 5.97 Å². The second-order valence-corrected chi connectivity index (χ2v) is 3.89. The number of hydrogen-bond donors (Lipinski definition) is 1. The molecule has 0 aliphatic carbocycles. The van der Waals surface area contributed by atoms with Gasteiger partial charge in [0.1, 0.15) is 0 Å². The van der Waals surface area contributed by atoms with Gasteiger partial charge in [-0.05, 0) is 18.4 Å². The summed E-state index contributed by atoms with van der Waals surface area (Å²) in [7, 11) is 0. The summed E-state index contributed by atoms with van der Waals surface area (Å²) in [5.74, 6) is -0.371. The fourth-order valence-electron chi connectivity index (χ4n) is 1.76. The average molecular weight is 218 g/mol. The minimum atomic E-state index is -0.713. The third kappa shape index (κ3) is 4.30. The van der Waals surface area contributed by atoms with Gasteiger partial charge in [0.15, 0.2) is 0 Å². The summed E-state index contributed by atoms with van der Waals surface area (Å²) in [6.07, 6.45) is 4.85. The Morgan fingerprint density at radius 2 is 2.00 bits per heavy atom. The maximum atomic E-state index is 10.4. The first kappa shape index (κ1) is 12.5. The first-order chi connectivity index (χ1) is 7.74. The molecule has 0 fully saturated rings. The van der Waals surface area contributed by atoms with Crippen molar-refractivity contribution in [3.63, 3.8) is 0 Å². The van der Waals surface area contributed by atoms with Crippen LogP contribution in [0.4, 0.5) is 0 Å². The highest BCUT2D eigenvalue weighted by Crippen LogP contribution is 2.23. The summed E-state index contributed by atoms with van der Waals surface area (Å²) < 4.78 is 0. The molecule has 0 aliphatic rings. The maximum absolute atomic E-state index is 10.4. The lowest BCUT2D eigenvalue weighted by atomic mass is 9.93. The monoisotopic (exact) mass is 218 g/mol. The van der Waals surface area contributed by atoms with Crippen LogP contribution in [0.2, 0.25) is 0 Å². The van der Waals surface area contributed by atoms with E-state index >= 15 is 0 Å². The highest BCUT2D eigenvalue weighted by molar-refractivity contribution is 5.66. The first-order valence-corrected chi connectivity index (χ1v) is 5.63. The zero-order valence-electron chi connectivity index (χ0n) is 9.43. The van der Waals surface area contributed by atoms with Gasteiger partial charge in [0.25, 0.3) is 0 Å². The molecular weight excluding hydrogens is 200 g/mol. The van der Waals surface area contributed by atoms with E-state index in [0.29, 0.717) is 5.92 Å². The van der Waals surface area contributed by atoms with E-state index in [1.807, 2.05) is 24.3 Å². The summed E-state index contributed by atoms with van der Waals surface area (Å²) in [4.78, 5) is 10.4. The molecule has 0 saturated carbocycles. The normalized spacial score (nSPS) is 12.0. The molecule has 1 aromatic carbocycles. The predicted octanol–water partition coefficient (Wildman–Crippen LogP) is 3.60. The van der Waals surface area contributed by atoms with Gasteiger partial charge in [0.05, 0.1) is 0 Å². The van der Waals surface area contributed by atoms with Crippen LogP contribution in [0, 0.1) is 0 Å². The van der Waals surface area contributed by atoms with Gasteiger partial charge in [-0.25, -0.2) is 0 Å². The molecule has 0 bridgehead atoms. The minimum Gasteiger partial charge on any atom is -0.481 e. The molecule has 1 rings (SSSR count). The molecule has 0 heterocycles. The molecule has 0 spiro atoms. The molecule has 2 heteroatoms. The van der Waals surface area contributed by atoms with Crippen molar-refractivity contribution in [2.24, 2.45) is 0 Å². The van der Waals surface area contributed by atoms with Gasteiger partial charge in [-0.15, -0.1) is 6.58 Å². The van der Waals surface area contributed by atoms with E-state index in [-0.39, 0.29) is 6.42 Å². The number of rotatable bonds is 7. The van der Waals surface area contributed by atoms with Crippen LogP contribution >= 0.6 is 0 Å². The van der Waals surface area contributed by atoms with Gasteiger partial charge in [-0.3, -0.25) is 4.79 Å². The molecule has 1 aromatic rings. The lowest BCUT2D eigenvalue weighted by Crippen LogP contribution is -1.97. The zero-order chi connectivity index (χ0) is 11.8. The smallest absolute Gasteiger partial charge is 0.303 e. The molecule has 2 nitrogen and oxygen atoms in total. The molecule has 0 aliphatic heterocycles. The molecule has 0 amide bonds. The third-order valence-electron chi connectivity index (χ3n) is 2.67. The number of carboxylic acids is 1. The lowest BCUT2D eigenvalue weighted by Gasteiger charge is -2.12. The van der Waals surface area contributed by atoms with Crippen LogP contribution in [-0.2, 0) is 4.79 Å². The fourth-order valence-corrected chi connectivity index (χ4v) is 1.76. The Balaban J connectivity index is 2.38. The van der Waals surface area contributed by atoms with E-state index in [9.17, 15) is 4.79 Å². The van der Waals surface area contributed by atoms with E-state index in [1.165, 1.54) is 5.56 Å². The number of unbranched alkanes of at least 4 members (excludes halogenated alkanes) is 1. The summed E-state index contributed by atoms with van der Waals surface area (Å²) in [5.41, 5.74) is 1.26. The highest BCUT2D eigenvalue weighted by atomic mass is 16.4. The number of carboxylic acid groups (broad SMARTS) is 1. The fraction of sp³-hybridized carbons (Fsp3) is 0.357. The molecular formula is C14H18O2. The largest absolute Gasteiger partial charge is 0.481 e. The van der Waals surface area contributed by atoms with Crippen LogP contribution in [0.5, 0.6) is 0 Å². The minimum absolute atomic E-state index is 0.263. The van der Waals surface area contributed by atoms with Gasteiger partial charge in [0, 0.05) is 12.3 Å². The molecule has 1 N–H and O–H groups in total. The Bertz CT molecular complexity index is 330. The van der Waals surface area contributed by atoms with Crippen molar-refractivity contribution in [1.82, 2.24) is 0 Å². The zero-order valence-corrected chi connectivity index (χ0v) is 9.43. The molecule has 16 heavy (non-hydrogen) atoms. The van der Waals surface area contributed by atoms with Crippen molar-refractivity contribution < 1.29 is 9.90 Å². The van der Waals surface area contributed by atoms with E-state index in [2.05, 4.69) is 18.7 Å². The van der Waals surface area contributed by atoms with Crippen molar-refractivity contribution in [3.05, 3.63) is 48.6 Å². The summed E-state index contributed by atoms with van der Waals surface area (Å²) in [6.45, 7) is 3.83. The highest BCUT2D eigenvalue weighted by Gasteiger charge is 2.06. The topological polar surface area (TPSA) is 37.3 Å². The molecule has 86 valence electrons. The Morgan fingerprint density at radius 3 is 2.56 bits per heavy atom.